The maximum atomic E-state index is 12.1. The molecule has 2 N–H and O–H groups in total. The number of carbonyl (C=O) groups excluding carboxylic acids is 1. The highest BCUT2D eigenvalue weighted by Gasteiger charge is 2.08. The molecule has 8 heteroatoms. The van der Waals surface area contributed by atoms with Gasteiger partial charge in [0, 0.05) is 18.0 Å². The molecule has 6 nitrogen and oxygen atoms in total. The Labute approximate surface area is 178 Å². The maximum Gasteiger partial charge on any atom is 0.259 e. The Morgan fingerprint density at radius 3 is 2.45 bits per heavy atom. The van der Waals surface area contributed by atoms with Crippen molar-refractivity contribution in [1.82, 2.24) is 10.4 Å². The Morgan fingerprint density at radius 1 is 1.07 bits per heavy atom. The van der Waals surface area contributed by atoms with Crippen LogP contribution in [0.2, 0.25) is 10.0 Å². The number of nitrogens with zero attached hydrogens (tertiary/aromatic N) is 2. The summed E-state index contributed by atoms with van der Waals surface area (Å²) in [5.41, 5.74) is 4.61. The fourth-order valence-corrected chi connectivity index (χ4v) is 2.88. The molecule has 0 radical (unpaired) electrons. The van der Waals surface area contributed by atoms with Gasteiger partial charge in [0.25, 0.3) is 5.91 Å². The minimum atomic E-state index is -0.340. The number of hydrogen-bond acceptors (Lipinski definition) is 5. The highest BCUT2D eigenvalue weighted by molar-refractivity contribution is 6.38. The standard InChI is InChI=1S/C21H18Cl2N4O2/c1-14-6-2-4-8-19(14)29-20-9-5-3-7-18(20)25-13-21(28)27-26-10-15-16(22)11-24-12-17(15)23/h2-12,25H,13H2,1H3,(H,27,28)/b26-10+. The van der Waals surface area contributed by atoms with Crippen molar-refractivity contribution in [2.45, 2.75) is 6.92 Å². The van der Waals surface area contributed by atoms with Crippen LogP contribution in [0, 0.1) is 6.92 Å². The average Bonchev–Trinajstić information content (AvgIpc) is 2.71. The zero-order chi connectivity index (χ0) is 20.6. The zero-order valence-corrected chi connectivity index (χ0v) is 17.0. The third kappa shape index (κ3) is 5.70. The van der Waals surface area contributed by atoms with E-state index >= 15 is 0 Å². The molecule has 0 aliphatic carbocycles. The number of carbonyl (C=O) groups is 1. The minimum Gasteiger partial charge on any atom is -0.455 e. The van der Waals surface area contributed by atoms with Crippen molar-refractivity contribution in [2.24, 2.45) is 5.10 Å². The summed E-state index contributed by atoms with van der Waals surface area (Å²) in [5.74, 6) is 1.03. The van der Waals surface area contributed by atoms with Crippen molar-refractivity contribution in [3.05, 3.63) is 82.1 Å². The number of halogens is 2. The van der Waals surface area contributed by atoms with Crippen molar-refractivity contribution in [3.8, 4) is 11.5 Å². The van der Waals surface area contributed by atoms with Gasteiger partial charge in [-0.2, -0.15) is 5.10 Å². The topological polar surface area (TPSA) is 75.6 Å². The number of hydrazone groups is 1. The number of amides is 1. The molecule has 1 aromatic heterocycles. The first-order chi connectivity index (χ1) is 14.0. The highest BCUT2D eigenvalue weighted by Crippen LogP contribution is 2.30. The molecule has 0 saturated heterocycles. The average molecular weight is 429 g/mol. The Hall–Kier alpha value is -3.09. The Bertz CT molecular complexity index is 1020. The normalized spacial score (nSPS) is 10.7. The lowest BCUT2D eigenvalue weighted by molar-refractivity contribution is -0.119. The monoisotopic (exact) mass is 428 g/mol. The van der Waals surface area contributed by atoms with Crippen LogP contribution >= 0.6 is 23.2 Å². The van der Waals surface area contributed by atoms with Gasteiger partial charge in [0.2, 0.25) is 0 Å². The van der Waals surface area contributed by atoms with Crippen LogP contribution in [0.15, 0.2) is 66.0 Å². The molecule has 0 spiro atoms. The van der Waals surface area contributed by atoms with Crippen LogP contribution in [0.4, 0.5) is 5.69 Å². The van der Waals surface area contributed by atoms with E-state index < -0.39 is 0 Å². The van der Waals surface area contributed by atoms with E-state index in [4.69, 9.17) is 27.9 Å². The first-order valence-corrected chi connectivity index (χ1v) is 9.47. The van der Waals surface area contributed by atoms with Crippen LogP contribution in [0.5, 0.6) is 11.5 Å². The molecule has 0 unspecified atom stereocenters. The lowest BCUT2D eigenvalue weighted by Crippen LogP contribution is -2.26. The molecule has 3 rings (SSSR count). The summed E-state index contributed by atoms with van der Waals surface area (Å²) < 4.78 is 5.98. The molecule has 0 saturated carbocycles. The third-order valence-corrected chi connectivity index (χ3v) is 4.52. The van der Waals surface area contributed by atoms with Crippen LogP contribution in [0.3, 0.4) is 0 Å². The number of anilines is 1. The number of rotatable bonds is 7. The predicted octanol–water partition coefficient (Wildman–Crippen LogP) is 5.05. The fourth-order valence-electron chi connectivity index (χ4n) is 2.42. The van der Waals surface area contributed by atoms with Crippen molar-refractivity contribution < 1.29 is 9.53 Å². The number of nitrogens with one attached hydrogen (secondary N) is 2. The van der Waals surface area contributed by atoms with Gasteiger partial charge in [-0.05, 0) is 30.7 Å². The third-order valence-electron chi connectivity index (χ3n) is 3.91. The molecule has 148 valence electrons. The SMILES string of the molecule is Cc1ccccc1Oc1ccccc1NCC(=O)N/N=C/c1c(Cl)cncc1Cl. The highest BCUT2D eigenvalue weighted by atomic mass is 35.5. The van der Waals surface area contributed by atoms with Crippen LogP contribution in [0.25, 0.3) is 0 Å². The molecule has 0 atom stereocenters. The number of hydrogen-bond donors (Lipinski definition) is 2. The van der Waals surface area contributed by atoms with E-state index in [1.54, 1.807) is 0 Å². The number of ether oxygens (including phenoxy) is 1. The number of pyridine rings is 1. The first-order valence-electron chi connectivity index (χ1n) is 8.72. The van der Waals surface area contributed by atoms with Crippen LogP contribution < -0.4 is 15.5 Å². The summed E-state index contributed by atoms with van der Waals surface area (Å²) in [5, 5.41) is 7.62. The second-order valence-corrected chi connectivity index (χ2v) is 6.84. The Morgan fingerprint density at radius 2 is 1.72 bits per heavy atom. The summed E-state index contributed by atoms with van der Waals surface area (Å²) >= 11 is 12.0. The minimum absolute atomic E-state index is 0.00327. The Kier molecular flexibility index (Phi) is 7.05. The summed E-state index contributed by atoms with van der Waals surface area (Å²) in [6.45, 7) is 1.97. The van der Waals surface area contributed by atoms with E-state index in [9.17, 15) is 4.79 Å². The summed E-state index contributed by atoms with van der Waals surface area (Å²) in [7, 11) is 0. The lowest BCUT2D eigenvalue weighted by Gasteiger charge is -2.13. The van der Waals surface area contributed by atoms with Gasteiger partial charge in [-0.1, -0.05) is 53.5 Å². The quantitative estimate of drug-likeness (QED) is 0.407. The first kappa shape index (κ1) is 20.6. The summed E-state index contributed by atoms with van der Waals surface area (Å²) in [6, 6.07) is 15.1. The van der Waals surface area contributed by atoms with Gasteiger partial charge in [0.05, 0.1) is 28.5 Å². The van der Waals surface area contributed by atoms with Crippen LogP contribution in [-0.4, -0.2) is 23.7 Å². The van der Waals surface area contributed by atoms with E-state index in [1.165, 1.54) is 18.6 Å². The van der Waals surface area contributed by atoms with Gasteiger partial charge in [0.1, 0.15) is 5.75 Å². The van der Waals surface area contributed by atoms with Gasteiger partial charge < -0.3 is 10.1 Å². The van der Waals surface area contributed by atoms with Crippen molar-refractivity contribution >= 4 is 41.0 Å². The number of benzene rings is 2. The smallest absolute Gasteiger partial charge is 0.259 e. The van der Waals surface area contributed by atoms with E-state index in [0.29, 0.717) is 27.0 Å². The van der Waals surface area contributed by atoms with E-state index in [0.717, 1.165) is 11.3 Å². The molecular formula is C21H18Cl2N4O2. The molecule has 0 bridgehead atoms. The van der Waals surface area contributed by atoms with Gasteiger partial charge in [-0.15, -0.1) is 0 Å². The second-order valence-electron chi connectivity index (χ2n) is 6.03. The molecule has 2 aromatic carbocycles. The molecule has 0 aliphatic heterocycles. The maximum absolute atomic E-state index is 12.1. The molecular weight excluding hydrogens is 411 g/mol. The van der Waals surface area contributed by atoms with Crippen molar-refractivity contribution in [3.63, 3.8) is 0 Å². The lowest BCUT2D eigenvalue weighted by atomic mass is 10.2. The summed E-state index contributed by atoms with van der Waals surface area (Å²) in [6.07, 6.45) is 4.27. The van der Waals surface area contributed by atoms with Crippen LogP contribution in [-0.2, 0) is 4.79 Å². The van der Waals surface area contributed by atoms with E-state index in [-0.39, 0.29) is 12.5 Å². The van der Waals surface area contributed by atoms with Gasteiger partial charge in [-0.25, -0.2) is 5.43 Å². The predicted molar refractivity (Wildman–Crippen MR) is 116 cm³/mol. The molecule has 29 heavy (non-hydrogen) atoms. The summed E-state index contributed by atoms with van der Waals surface area (Å²) in [4.78, 5) is 16.0. The van der Waals surface area contributed by atoms with Crippen molar-refractivity contribution in [2.75, 3.05) is 11.9 Å². The molecule has 0 aliphatic rings. The molecule has 1 heterocycles. The van der Waals surface area contributed by atoms with Crippen molar-refractivity contribution in [1.29, 1.82) is 0 Å². The molecule has 0 fully saturated rings. The molecule has 1 amide bonds. The van der Waals surface area contributed by atoms with E-state index in [2.05, 4.69) is 20.8 Å². The number of aromatic nitrogens is 1. The van der Waals surface area contributed by atoms with Gasteiger partial charge in [-0.3, -0.25) is 9.78 Å². The second kappa shape index (κ2) is 9.91. The number of para-hydroxylation sites is 3. The van der Waals surface area contributed by atoms with Gasteiger partial charge >= 0.3 is 0 Å². The zero-order valence-electron chi connectivity index (χ0n) is 15.5. The number of aryl methyl sites for hydroxylation is 1. The largest absolute Gasteiger partial charge is 0.455 e. The van der Waals surface area contributed by atoms with E-state index in [1.807, 2.05) is 55.5 Å². The fraction of sp³-hybridized carbons (Fsp3) is 0.0952. The molecule has 3 aromatic rings. The Balaban J connectivity index is 1.59. The van der Waals surface area contributed by atoms with Gasteiger partial charge in [0.15, 0.2) is 5.75 Å². The van der Waals surface area contributed by atoms with Crippen LogP contribution in [0.1, 0.15) is 11.1 Å².